The first-order valence-electron chi connectivity index (χ1n) is 7.71. The van der Waals surface area contributed by atoms with E-state index in [0.29, 0.717) is 0 Å². The van der Waals surface area contributed by atoms with Gasteiger partial charge in [-0.2, -0.15) is 0 Å². The van der Waals surface area contributed by atoms with Gasteiger partial charge in [0.1, 0.15) is 18.2 Å². The summed E-state index contributed by atoms with van der Waals surface area (Å²) in [6.45, 7) is 6.65. The highest BCUT2D eigenvalue weighted by Gasteiger charge is 2.40. The average Bonchev–Trinajstić information content (AvgIpc) is 2.41. The summed E-state index contributed by atoms with van der Waals surface area (Å²) in [5, 5.41) is 9.20. The molecule has 24 heavy (non-hydrogen) atoms. The molecule has 0 aromatic carbocycles. The number of hydrogen-bond acceptors (Lipinski definition) is 6. The summed E-state index contributed by atoms with van der Waals surface area (Å²) >= 11 is 0. The summed E-state index contributed by atoms with van der Waals surface area (Å²) < 4.78 is 9.95. The fourth-order valence-electron chi connectivity index (χ4n) is 2.33. The van der Waals surface area contributed by atoms with E-state index in [2.05, 4.69) is 0 Å². The van der Waals surface area contributed by atoms with Crippen LogP contribution in [0.15, 0.2) is 0 Å². The molecule has 1 aliphatic heterocycles. The molecule has 1 N–H and O–H groups in total. The standard InChI is InChI=1S/C15H24N2O7/c1-5-23-11(18)8-10-13(20)16(6-7-17(10)14(21)22)9-12(19)24-15(2,3)4/h10H,5-9H2,1-4H3,(H,21,22). The fraction of sp³-hybridized carbons (Fsp3) is 0.733. The van der Waals surface area contributed by atoms with Crippen molar-refractivity contribution in [1.82, 2.24) is 9.80 Å². The van der Waals surface area contributed by atoms with E-state index in [1.807, 2.05) is 0 Å². The first kappa shape index (κ1) is 19.7. The van der Waals surface area contributed by atoms with E-state index < -0.39 is 35.6 Å². The second kappa shape index (κ2) is 7.98. The Labute approximate surface area is 140 Å². The number of rotatable bonds is 5. The summed E-state index contributed by atoms with van der Waals surface area (Å²) in [5.41, 5.74) is -0.687. The van der Waals surface area contributed by atoms with Crippen LogP contribution in [0.2, 0.25) is 0 Å². The minimum atomic E-state index is -1.30. The van der Waals surface area contributed by atoms with E-state index in [0.717, 1.165) is 4.90 Å². The minimum Gasteiger partial charge on any atom is -0.466 e. The molecule has 0 aliphatic carbocycles. The third-order valence-corrected chi connectivity index (χ3v) is 3.23. The Morgan fingerprint density at radius 3 is 2.33 bits per heavy atom. The van der Waals surface area contributed by atoms with Crippen molar-refractivity contribution in [2.45, 2.75) is 45.8 Å². The minimum absolute atomic E-state index is 0.00788. The first-order valence-corrected chi connectivity index (χ1v) is 7.71. The van der Waals surface area contributed by atoms with E-state index in [1.54, 1.807) is 27.7 Å². The second-order valence-electron chi connectivity index (χ2n) is 6.35. The van der Waals surface area contributed by atoms with Crippen LogP contribution in [0.1, 0.15) is 34.1 Å². The lowest BCUT2D eigenvalue weighted by molar-refractivity contribution is -0.162. The van der Waals surface area contributed by atoms with E-state index in [-0.39, 0.29) is 32.7 Å². The van der Waals surface area contributed by atoms with Crippen molar-refractivity contribution in [2.24, 2.45) is 0 Å². The molecule has 0 bridgehead atoms. The highest BCUT2D eigenvalue weighted by atomic mass is 16.6. The van der Waals surface area contributed by atoms with E-state index in [1.165, 1.54) is 4.90 Å². The average molecular weight is 344 g/mol. The van der Waals surface area contributed by atoms with E-state index in [4.69, 9.17) is 9.47 Å². The van der Waals surface area contributed by atoms with Crippen LogP contribution in [-0.2, 0) is 23.9 Å². The molecule has 0 aromatic rings. The van der Waals surface area contributed by atoms with Gasteiger partial charge in [0.2, 0.25) is 5.91 Å². The summed E-state index contributed by atoms with van der Waals surface area (Å²) in [6.07, 6.45) is -1.68. The molecule has 2 amide bonds. The maximum atomic E-state index is 12.5. The number of carboxylic acid groups (broad SMARTS) is 1. The lowest BCUT2D eigenvalue weighted by atomic mass is 10.1. The van der Waals surface area contributed by atoms with Crippen molar-refractivity contribution in [3.63, 3.8) is 0 Å². The molecule has 9 heteroatoms. The van der Waals surface area contributed by atoms with Crippen LogP contribution in [-0.4, -0.2) is 76.7 Å². The Bertz CT molecular complexity index is 512. The van der Waals surface area contributed by atoms with Gasteiger partial charge < -0.3 is 19.5 Å². The van der Waals surface area contributed by atoms with Crippen LogP contribution in [0.3, 0.4) is 0 Å². The molecule has 0 spiro atoms. The van der Waals surface area contributed by atoms with Crippen molar-refractivity contribution in [2.75, 3.05) is 26.2 Å². The normalized spacial score (nSPS) is 18.3. The quantitative estimate of drug-likeness (QED) is 0.721. The smallest absolute Gasteiger partial charge is 0.408 e. The lowest BCUT2D eigenvalue weighted by Crippen LogP contribution is -2.60. The van der Waals surface area contributed by atoms with Gasteiger partial charge in [-0.3, -0.25) is 19.3 Å². The third-order valence-electron chi connectivity index (χ3n) is 3.23. The van der Waals surface area contributed by atoms with Crippen LogP contribution >= 0.6 is 0 Å². The molecular weight excluding hydrogens is 320 g/mol. The topological polar surface area (TPSA) is 113 Å². The molecule has 0 aromatic heterocycles. The van der Waals surface area contributed by atoms with Crippen molar-refractivity contribution in [3.8, 4) is 0 Å². The Balaban J connectivity index is 2.81. The molecule has 9 nitrogen and oxygen atoms in total. The molecule has 1 atom stereocenters. The van der Waals surface area contributed by atoms with Crippen LogP contribution in [0.25, 0.3) is 0 Å². The van der Waals surface area contributed by atoms with Crippen LogP contribution in [0.4, 0.5) is 4.79 Å². The van der Waals surface area contributed by atoms with E-state index >= 15 is 0 Å². The van der Waals surface area contributed by atoms with E-state index in [9.17, 15) is 24.3 Å². The number of piperazine rings is 1. The van der Waals surface area contributed by atoms with Gasteiger partial charge in [0.25, 0.3) is 0 Å². The van der Waals surface area contributed by atoms with Gasteiger partial charge >= 0.3 is 18.0 Å². The first-order chi connectivity index (χ1) is 11.0. The van der Waals surface area contributed by atoms with Gasteiger partial charge in [0, 0.05) is 13.1 Å². The summed E-state index contributed by atoms with van der Waals surface area (Å²) in [6, 6.07) is -1.20. The number of hydrogen-bond donors (Lipinski definition) is 1. The van der Waals surface area contributed by atoms with Gasteiger partial charge in [-0.1, -0.05) is 0 Å². The van der Waals surface area contributed by atoms with Crippen molar-refractivity contribution >= 4 is 23.9 Å². The number of carbonyl (C=O) groups is 4. The SMILES string of the molecule is CCOC(=O)CC1C(=O)N(CC(=O)OC(C)(C)C)CCN1C(=O)O. The molecule has 1 fully saturated rings. The maximum Gasteiger partial charge on any atom is 0.408 e. The Morgan fingerprint density at radius 2 is 1.83 bits per heavy atom. The van der Waals surface area contributed by atoms with Gasteiger partial charge in [0.05, 0.1) is 13.0 Å². The van der Waals surface area contributed by atoms with Gasteiger partial charge in [-0.15, -0.1) is 0 Å². The predicted molar refractivity (Wildman–Crippen MR) is 82.2 cm³/mol. The number of ether oxygens (including phenoxy) is 2. The highest BCUT2D eigenvalue weighted by Crippen LogP contribution is 2.17. The molecule has 1 aliphatic rings. The number of carbonyl (C=O) groups excluding carboxylic acids is 3. The molecular formula is C15H24N2O7. The van der Waals surface area contributed by atoms with Crippen LogP contribution in [0.5, 0.6) is 0 Å². The van der Waals surface area contributed by atoms with Gasteiger partial charge in [-0.05, 0) is 27.7 Å². The number of amides is 2. The lowest BCUT2D eigenvalue weighted by Gasteiger charge is -2.38. The Hall–Kier alpha value is -2.32. The fourth-order valence-corrected chi connectivity index (χ4v) is 2.33. The third kappa shape index (κ3) is 5.71. The Kier molecular flexibility index (Phi) is 6.56. The maximum absolute atomic E-state index is 12.5. The molecule has 1 saturated heterocycles. The zero-order valence-electron chi connectivity index (χ0n) is 14.4. The number of nitrogens with zero attached hydrogens (tertiary/aromatic N) is 2. The second-order valence-corrected chi connectivity index (χ2v) is 6.35. The van der Waals surface area contributed by atoms with Crippen molar-refractivity contribution in [1.29, 1.82) is 0 Å². The number of esters is 2. The molecule has 0 radical (unpaired) electrons. The largest absolute Gasteiger partial charge is 0.466 e. The summed E-state index contributed by atoms with van der Waals surface area (Å²) in [7, 11) is 0. The van der Waals surface area contributed by atoms with Gasteiger partial charge in [-0.25, -0.2) is 4.79 Å². The van der Waals surface area contributed by atoms with Crippen LogP contribution < -0.4 is 0 Å². The van der Waals surface area contributed by atoms with Crippen LogP contribution in [0, 0.1) is 0 Å². The van der Waals surface area contributed by atoms with Crippen molar-refractivity contribution < 1.29 is 33.8 Å². The van der Waals surface area contributed by atoms with Gasteiger partial charge in [0.15, 0.2) is 0 Å². The zero-order valence-corrected chi connectivity index (χ0v) is 14.4. The zero-order chi connectivity index (χ0) is 18.5. The predicted octanol–water partition coefficient (Wildman–Crippen LogP) is 0.472. The monoisotopic (exact) mass is 344 g/mol. The molecule has 1 unspecified atom stereocenters. The van der Waals surface area contributed by atoms with Crippen molar-refractivity contribution in [3.05, 3.63) is 0 Å². The summed E-state index contributed by atoms with van der Waals surface area (Å²) in [5.74, 6) is -1.86. The molecule has 1 heterocycles. The summed E-state index contributed by atoms with van der Waals surface area (Å²) in [4.78, 5) is 49.4. The highest BCUT2D eigenvalue weighted by molar-refractivity contribution is 5.92. The Morgan fingerprint density at radius 1 is 1.21 bits per heavy atom. The molecule has 136 valence electrons. The molecule has 0 saturated carbocycles. The molecule has 1 rings (SSSR count).